The van der Waals surface area contributed by atoms with Crippen LogP contribution in [0.2, 0.25) is 0 Å². The van der Waals surface area contributed by atoms with Gasteiger partial charge in [0.25, 0.3) is 5.91 Å². The molecular weight excluding hydrogens is 346 g/mol. The van der Waals surface area contributed by atoms with E-state index in [0.717, 1.165) is 37.6 Å². The minimum atomic E-state index is -0.322. The van der Waals surface area contributed by atoms with Gasteiger partial charge in [-0.25, -0.2) is 5.43 Å². The average Bonchev–Trinajstić information content (AvgIpc) is 2.74. The number of anilines is 1. The van der Waals surface area contributed by atoms with E-state index >= 15 is 0 Å². The maximum atomic E-state index is 12.2. The van der Waals surface area contributed by atoms with Gasteiger partial charge in [0.1, 0.15) is 0 Å². The summed E-state index contributed by atoms with van der Waals surface area (Å²) in [7, 11) is 3.07. The summed E-state index contributed by atoms with van der Waals surface area (Å²) < 4.78 is 15.7. The molecule has 1 amide bonds. The number of amides is 1. The van der Waals surface area contributed by atoms with E-state index in [0.29, 0.717) is 17.1 Å². The van der Waals surface area contributed by atoms with Gasteiger partial charge in [0, 0.05) is 24.3 Å². The predicted molar refractivity (Wildman–Crippen MR) is 104 cm³/mol. The van der Waals surface area contributed by atoms with Crippen LogP contribution < -0.4 is 19.8 Å². The molecule has 0 radical (unpaired) electrons. The first kappa shape index (κ1) is 18.7. The SMILES string of the molecule is COc1ccc(C(=O)NN=Cc2ccc(N3CCOCC3)cc2)cc1OC. The Balaban J connectivity index is 1.59. The normalized spacial score (nSPS) is 14.2. The maximum Gasteiger partial charge on any atom is 0.271 e. The quantitative estimate of drug-likeness (QED) is 0.625. The Hall–Kier alpha value is -3.06. The van der Waals surface area contributed by atoms with E-state index in [1.165, 1.54) is 7.11 Å². The first-order valence-corrected chi connectivity index (χ1v) is 8.69. The molecule has 1 aliphatic rings. The molecule has 1 saturated heterocycles. The van der Waals surface area contributed by atoms with Gasteiger partial charge in [-0.05, 0) is 35.9 Å². The Kier molecular flexibility index (Phi) is 6.27. The minimum absolute atomic E-state index is 0.322. The van der Waals surface area contributed by atoms with Crippen LogP contribution in [0.25, 0.3) is 0 Å². The zero-order valence-electron chi connectivity index (χ0n) is 15.5. The number of morpholine rings is 1. The fraction of sp³-hybridized carbons (Fsp3) is 0.300. The first-order chi connectivity index (χ1) is 13.2. The zero-order chi connectivity index (χ0) is 19.1. The second kappa shape index (κ2) is 9.05. The summed E-state index contributed by atoms with van der Waals surface area (Å²) in [5.74, 6) is 0.739. The molecule has 1 N–H and O–H groups in total. The third-order valence-electron chi connectivity index (χ3n) is 4.29. The monoisotopic (exact) mass is 369 g/mol. The second-order valence-corrected chi connectivity index (χ2v) is 5.96. The molecule has 1 heterocycles. The van der Waals surface area contributed by atoms with Crippen molar-refractivity contribution < 1.29 is 19.0 Å². The van der Waals surface area contributed by atoms with E-state index in [1.807, 2.05) is 24.3 Å². The molecule has 7 nitrogen and oxygen atoms in total. The van der Waals surface area contributed by atoms with Crippen LogP contribution in [0.4, 0.5) is 5.69 Å². The number of hydrazone groups is 1. The van der Waals surface area contributed by atoms with Crippen molar-refractivity contribution in [3.05, 3.63) is 53.6 Å². The van der Waals surface area contributed by atoms with Gasteiger partial charge in [-0.3, -0.25) is 4.79 Å². The van der Waals surface area contributed by atoms with Crippen LogP contribution in [0.5, 0.6) is 11.5 Å². The number of hydrogen-bond acceptors (Lipinski definition) is 6. The van der Waals surface area contributed by atoms with Gasteiger partial charge >= 0.3 is 0 Å². The van der Waals surface area contributed by atoms with E-state index in [2.05, 4.69) is 15.4 Å². The molecule has 1 fully saturated rings. The van der Waals surface area contributed by atoms with E-state index in [4.69, 9.17) is 14.2 Å². The van der Waals surface area contributed by atoms with E-state index in [9.17, 15) is 4.79 Å². The number of hydrogen-bond donors (Lipinski definition) is 1. The molecule has 0 atom stereocenters. The van der Waals surface area contributed by atoms with Gasteiger partial charge in [0.15, 0.2) is 11.5 Å². The Morgan fingerprint density at radius 2 is 1.78 bits per heavy atom. The standard InChI is InChI=1S/C20H23N3O4/c1-25-18-8-5-16(13-19(18)26-2)20(24)22-21-14-15-3-6-17(7-4-15)23-9-11-27-12-10-23/h3-8,13-14H,9-12H2,1-2H3,(H,22,24). The fourth-order valence-corrected chi connectivity index (χ4v) is 2.80. The van der Waals surface area contributed by atoms with Crippen molar-refractivity contribution in [3.8, 4) is 11.5 Å². The lowest BCUT2D eigenvalue weighted by atomic mass is 10.2. The molecular formula is C20H23N3O4. The number of methoxy groups -OCH3 is 2. The van der Waals surface area contributed by atoms with Crippen molar-refractivity contribution in [2.24, 2.45) is 5.10 Å². The second-order valence-electron chi connectivity index (χ2n) is 5.96. The highest BCUT2D eigenvalue weighted by molar-refractivity contribution is 5.95. The van der Waals surface area contributed by atoms with Gasteiger partial charge in [0.2, 0.25) is 0 Å². The van der Waals surface area contributed by atoms with E-state index in [1.54, 1.807) is 31.5 Å². The number of rotatable bonds is 6. The molecule has 0 aliphatic carbocycles. The van der Waals surface area contributed by atoms with Crippen molar-refractivity contribution in [1.29, 1.82) is 0 Å². The summed E-state index contributed by atoms with van der Waals surface area (Å²) >= 11 is 0. The van der Waals surface area contributed by atoms with Crippen LogP contribution >= 0.6 is 0 Å². The van der Waals surface area contributed by atoms with Crippen LogP contribution in [0.3, 0.4) is 0 Å². The van der Waals surface area contributed by atoms with E-state index in [-0.39, 0.29) is 5.91 Å². The highest BCUT2D eigenvalue weighted by Crippen LogP contribution is 2.27. The number of carbonyl (C=O) groups excluding carboxylic acids is 1. The van der Waals surface area contributed by atoms with Crippen LogP contribution in [-0.2, 0) is 4.74 Å². The van der Waals surface area contributed by atoms with Gasteiger partial charge in [-0.1, -0.05) is 12.1 Å². The number of nitrogens with zero attached hydrogens (tertiary/aromatic N) is 2. The highest BCUT2D eigenvalue weighted by atomic mass is 16.5. The lowest BCUT2D eigenvalue weighted by Crippen LogP contribution is -2.36. The van der Waals surface area contributed by atoms with Crippen molar-refractivity contribution >= 4 is 17.8 Å². The molecule has 142 valence electrons. The fourth-order valence-electron chi connectivity index (χ4n) is 2.80. The number of benzene rings is 2. The molecule has 3 rings (SSSR count). The van der Waals surface area contributed by atoms with Gasteiger partial charge < -0.3 is 19.1 Å². The third-order valence-corrected chi connectivity index (χ3v) is 4.29. The predicted octanol–water partition coefficient (Wildman–Crippen LogP) is 2.30. The minimum Gasteiger partial charge on any atom is -0.493 e. The lowest BCUT2D eigenvalue weighted by molar-refractivity contribution is 0.0954. The summed E-state index contributed by atoms with van der Waals surface area (Å²) in [6, 6.07) is 13.0. The summed E-state index contributed by atoms with van der Waals surface area (Å²) in [4.78, 5) is 14.5. The molecule has 1 aliphatic heterocycles. The van der Waals surface area contributed by atoms with Crippen molar-refractivity contribution in [3.63, 3.8) is 0 Å². The molecule has 7 heteroatoms. The largest absolute Gasteiger partial charge is 0.493 e. The van der Waals surface area contributed by atoms with Crippen LogP contribution in [-0.4, -0.2) is 52.6 Å². The molecule has 0 bridgehead atoms. The Labute approximate surface area is 158 Å². The summed E-state index contributed by atoms with van der Waals surface area (Å²) in [5, 5.41) is 4.03. The summed E-state index contributed by atoms with van der Waals surface area (Å²) in [6.07, 6.45) is 1.61. The molecule has 2 aromatic carbocycles. The Morgan fingerprint density at radius 1 is 1.07 bits per heavy atom. The van der Waals surface area contributed by atoms with E-state index < -0.39 is 0 Å². The Morgan fingerprint density at radius 3 is 2.44 bits per heavy atom. The van der Waals surface area contributed by atoms with Gasteiger partial charge in [0.05, 0.1) is 33.6 Å². The number of nitrogens with one attached hydrogen (secondary N) is 1. The van der Waals surface area contributed by atoms with Gasteiger partial charge in [-0.15, -0.1) is 0 Å². The van der Waals surface area contributed by atoms with Crippen LogP contribution in [0.1, 0.15) is 15.9 Å². The summed E-state index contributed by atoms with van der Waals surface area (Å²) in [6.45, 7) is 3.31. The van der Waals surface area contributed by atoms with Crippen LogP contribution in [0.15, 0.2) is 47.6 Å². The highest BCUT2D eigenvalue weighted by Gasteiger charge is 2.11. The lowest BCUT2D eigenvalue weighted by Gasteiger charge is -2.28. The molecule has 2 aromatic rings. The maximum absolute atomic E-state index is 12.2. The van der Waals surface area contributed by atoms with Gasteiger partial charge in [-0.2, -0.15) is 5.10 Å². The topological polar surface area (TPSA) is 72.4 Å². The third kappa shape index (κ3) is 4.77. The average molecular weight is 369 g/mol. The molecule has 0 aromatic heterocycles. The summed E-state index contributed by atoms with van der Waals surface area (Å²) in [5.41, 5.74) is 5.02. The molecule has 0 saturated carbocycles. The van der Waals surface area contributed by atoms with Crippen molar-refractivity contribution in [1.82, 2.24) is 5.43 Å². The number of ether oxygens (including phenoxy) is 3. The van der Waals surface area contributed by atoms with Crippen molar-refractivity contribution in [2.45, 2.75) is 0 Å². The first-order valence-electron chi connectivity index (χ1n) is 8.69. The van der Waals surface area contributed by atoms with Crippen molar-refractivity contribution in [2.75, 3.05) is 45.4 Å². The number of carbonyl (C=O) groups is 1. The van der Waals surface area contributed by atoms with Crippen LogP contribution in [0, 0.1) is 0 Å². The Bertz CT molecular complexity index is 799. The smallest absolute Gasteiger partial charge is 0.271 e. The molecule has 0 unspecified atom stereocenters. The molecule has 0 spiro atoms. The molecule has 27 heavy (non-hydrogen) atoms. The zero-order valence-corrected chi connectivity index (χ0v) is 15.5.